The molecule has 0 aliphatic heterocycles. The lowest BCUT2D eigenvalue weighted by molar-refractivity contribution is 0.472. The van der Waals surface area contributed by atoms with Crippen LogP contribution in [0.3, 0.4) is 0 Å². The van der Waals surface area contributed by atoms with Gasteiger partial charge in [-0.05, 0) is 31.7 Å². The molecular weight excluding hydrogens is 244 g/mol. The molecule has 0 saturated heterocycles. The zero-order valence-electron chi connectivity index (χ0n) is 13.0. The van der Waals surface area contributed by atoms with Crippen LogP contribution in [-0.4, -0.2) is 0 Å². The van der Waals surface area contributed by atoms with Gasteiger partial charge in [0.05, 0.1) is 0 Å². The first-order chi connectivity index (χ1) is 9.77. The molecule has 0 radical (unpaired) electrons. The summed E-state index contributed by atoms with van der Waals surface area (Å²) in [4.78, 5) is 0. The van der Waals surface area contributed by atoms with Crippen molar-refractivity contribution in [1.82, 2.24) is 0 Å². The summed E-state index contributed by atoms with van der Waals surface area (Å²) in [7, 11) is 0. The summed E-state index contributed by atoms with van der Waals surface area (Å²) < 4.78 is 6.10. The summed E-state index contributed by atoms with van der Waals surface area (Å²) in [5.74, 6) is 2.30. The molecule has 0 amide bonds. The van der Waals surface area contributed by atoms with E-state index in [2.05, 4.69) is 51.1 Å². The van der Waals surface area contributed by atoms with E-state index in [1.165, 1.54) is 48.1 Å². The maximum Gasteiger partial charge on any atom is 0.109 e. The topological polar surface area (TPSA) is 13.1 Å². The van der Waals surface area contributed by atoms with Crippen molar-refractivity contribution in [3.05, 3.63) is 47.4 Å². The zero-order valence-corrected chi connectivity index (χ0v) is 13.0. The molecule has 2 rings (SSSR count). The standard InChI is InChI=1S/C19H26O/c1-4-6-13-17-18(14-7-5-2)20-15(3)19(17)16-11-9-8-10-12-16/h8-12H,4-7,13-14H2,1-3H3. The van der Waals surface area contributed by atoms with Crippen molar-refractivity contribution >= 4 is 0 Å². The molecule has 1 nitrogen and oxygen atoms in total. The smallest absolute Gasteiger partial charge is 0.109 e. The normalized spacial score (nSPS) is 10.9. The van der Waals surface area contributed by atoms with Gasteiger partial charge in [-0.15, -0.1) is 0 Å². The second-order valence-corrected chi connectivity index (χ2v) is 5.51. The predicted octanol–water partition coefficient (Wildman–Crippen LogP) is 5.94. The van der Waals surface area contributed by atoms with E-state index in [-0.39, 0.29) is 0 Å². The summed E-state index contributed by atoms with van der Waals surface area (Å²) >= 11 is 0. The minimum atomic E-state index is 1.07. The first-order valence-electron chi connectivity index (χ1n) is 7.94. The molecule has 0 unspecified atom stereocenters. The monoisotopic (exact) mass is 270 g/mol. The number of unbranched alkanes of at least 4 members (excludes halogenated alkanes) is 2. The molecule has 0 atom stereocenters. The number of hydrogen-bond donors (Lipinski definition) is 0. The highest BCUT2D eigenvalue weighted by Gasteiger charge is 2.18. The van der Waals surface area contributed by atoms with Crippen LogP contribution in [0.2, 0.25) is 0 Å². The molecule has 0 bridgehead atoms. The van der Waals surface area contributed by atoms with Gasteiger partial charge in [-0.25, -0.2) is 0 Å². The molecule has 0 aliphatic carbocycles. The van der Waals surface area contributed by atoms with Gasteiger partial charge in [0.25, 0.3) is 0 Å². The number of benzene rings is 1. The highest BCUT2D eigenvalue weighted by Crippen LogP contribution is 2.34. The van der Waals surface area contributed by atoms with Crippen LogP contribution in [0.1, 0.15) is 56.6 Å². The van der Waals surface area contributed by atoms with E-state index in [9.17, 15) is 0 Å². The van der Waals surface area contributed by atoms with Crippen LogP contribution in [0.5, 0.6) is 0 Å². The van der Waals surface area contributed by atoms with Gasteiger partial charge in [0.1, 0.15) is 11.5 Å². The van der Waals surface area contributed by atoms with E-state index in [1.54, 1.807) is 0 Å². The van der Waals surface area contributed by atoms with Gasteiger partial charge in [-0.2, -0.15) is 0 Å². The maximum atomic E-state index is 6.10. The fraction of sp³-hybridized carbons (Fsp3) is 0.474. The Morgan fingerprint density at radius 3 is 2.20 bits per heavy atom. The fourth-order valence-electron chi connectivity index (χ4n) is 2.79. The second-order valence-electron chi connectivity index (χ2n) is 5.51. The van der Waals surface area contributed by atoms with Crippen molar-refractivity contribution in [1.29, 1.82) is 0 Å². The third-order valence-corrected chi connectivity index (χ3v) is 3.87. The molecular formula is C19H26O. The summed E-state index contributed by atoms with van der Waals surface area (Å²) in [6.45, 7) is 6.59. The van der Waals surface area contributed by atoms with Crippen LogP contribution in [0, 0.1) is 6.92 Å². The quantitative estimate of drug-likeness (QED) is 0.606. The van der Waals surface area contributed by atoms with Crippen LogP contribution in [0.25, 0.3) is 11.1 Å². The van der Waals surface area contributed by atoms with E-state index in [0.717, 1.165) is 18.6 Å². The van der Waals surface area contributed by atoms with E-state index in [1.807, 2.05) is 0 Å². The molecule has 0 saturated carbocycles. The maximum absolute atomic E-state index is 6.10. The van der Waals surface area contributed by atoms with E-state index >= 15 is 0 Å². The Labute approximate surface area is 123 Å². The Bertz CT molecular complexity index is 522. The Morgan fingerprint density at radius 2 is 1.55 bits per heavy atom. The average molecular weight is 270 g/mol. The predicted molar refractivity (Wildman–Crippen MR) is 86.1 cm³/mol. The Morgan fingerprint density at radius 1 is 0.900 bits per heavy atom. The minimum Gasteiger partial charge on any atom is -0.465 e. The third-order valence-electron chi connectivity index (χ3n) is 3.87. The first-order valence-corrected chi connectivity index (χ1v) is 7.94. The average Bonchev–Trinajstić information content (AvgIpc) is 2.79. The van der Waals surface area contributed by atoms with Crippen LogP contribution in [-0.2, 0) is 12.8 Å². The molecule has 20 heavy (non-hydrogen) atoms. The molecule has 1 aromatic heterocycles. The van der Waals surface area contributed by atoms with E-state index < -0.39 is 0 Å². The van der Waals surface area contributed by atoms with Gasteiger partial charge >= 0.3 is 0 Å². The highest BCUT2D eigenvalue weighted by atomic mass is 16.3. The van der Waals surface area contributed by atoms with Crippen LogP contribution >= 0.6 is 0 Å². The lowest BCUT2D eigenvalue weighted by Gasteiger charge is -2.06. The lowest BCUT2D eigenvalue weighted by atomic mass is 9.95. The molecule has 0 spiro atoms. The SMILES string of the molecule is CCCCc1oc(C)c(-c2ccccc2)c1CCCC. The number of rotatable bonds is 7. The van der Waals surface area contributed by atoms with Crippen molar-refractivity contribution in [3.8, 4) is 11.1 Å². The summed E-state index contributed by atoms with van der Waals surface area (Å²) in [5.41, 5.74) is 4.08. The highest BCUT2D eigenvalue weighted by molar-refractivity contribution is 5.70. The third kappa shape index (κ3) is 3.33. The van der Waals surface area contributed by atoms with Crippen LogP contribution in [0.15, 0.2) is 34.7 Å². The molecule has 1 heteroatoms. The molecule has 1 heterocycles. The van der Waals surface area contributed by atoms with E-state index in [0.29, 0.717) is 0 Å². The molecule has 0 N–H and O–H groups in total. The lowest BCUT2D eigenvalue weighted by Crippen LogP contribution is -1.93. The van der Waals surface area contributed by atoms with Gasteiger partial charge < -0.3 is 4.42 Å². The summed E-state index contributed by atoms with van der Waals surface area (Å²) in [5, 5.41) is 0. The summed E-state index contributed by atoms with van der Waals surface area (Å²) in [6.07, 6.45) is 7.10. The number of hydrogen-bond acceptors (Lipinski definition) is 1. The molecule has 2 aromatic rings. The van der Waals surface area contributed by atoms with Crippen LogP contribution < -0.4 is 0 Å². The first kappa shape index (κ1) is 14.9. The minimum absolute atomic E-state index is 1.07. The van der Waals surface area contributed by atoms with Crippen molar-refractivity contribution in [2.24, 2.45) is 0 Å². The van der Waals surface area contributed by atoms with Crippen LogP contribution in [0.4, 0.5) is 0 Å². The van der Waals surface area contributed by atoms with Gasteiger partial charge in [-0.3, -0.25) is 0 Å². The van der Waals surface area contributed by atoms with Crippen molar-refractivity contribution in [2.75, 3.05) is 0 Å². The second kappa shape index (κ2) is 7.33. The molecule has 1 aromatic carbocycles. The molecule has 108 valence electrons. The fourth-order valence-corrected chi connectivity index (χ4v) is 2.79. The van der Waals surface area contributed by atoms with Gasteiger partial charge in [0.2, 0.25) is 0 Å². The van der Waals surface area contributed by atoms with E-state index in [4.69, 9.17) is 4.42 Å². The van der Waals surface area contributed by atoms with Crippen molar-refractivity contribution < 1.29 is 4.42 Å². The summed E-state index contributed by atoms with van der Waals surface area (Å²) in [6, 6.07) is 10.7. The van der Waals surface area contributed by atoms with Crippen molar-refractivity contribution in [3.63, 3.8) is 0 Å². The number of aryl methyl sites for hydroxylation is 2. The largest absolute Gasteiger partial charge is 0.465 e. The van der Waals surface area contributed by atoms with Gasteiger partial charge in [-0.1, -0.05) is 57.0 Å². The van der Waals surface area contributed by atoms with Gasteiger partial charge in [0.15, 0.2) is 0 Å². The number of furan rings is 1. The molecule has 0 fully saturated rings. The van der Waals surface area contributed by atoms with Gasteiger partial charge in [0, 0.05) is 17.5 Å². The Balaban J connectivity index is 2.40. The zero-order chi connectivity index (χ0) is 14.4. The molecule has 0 aliphatic rings. The Kier molecular flexibility index (Phi) is 5.46. The Hall–Kier alpha value is -1.50. The van der Waals surface area contributed by atoms with Crippen molar-refractivity contribution in [2.45, 2.75) is 59.3 Å².